The van der Waals surface area contributed by atoms with Crippen LogP contribution < -0.4 is 10.7 Å². The standard InChI is InChI=1S/C10H8N2O2S/c13-9-1-3-11-5-8(9)10(14)12-7-2-4-15-6-7/h1-6H,(H,11,13)(H,12,14). The summed E-state index contributed by atoms with van der Waals surface area (Å²) in [7, 11) is 0. The maximum Gasteiger partial charge on any atom is 0.261 e. The molecular weight excluding hydrogens is 212 g/mol. The van der Waals surface area contributed by atoms with Gasteiger partial charge < -0.3 is 10.3 Å². The predicted molar refractivity (Wildman–Crippen MR) is 59.3 cm³/mol. The molecular formula is C10H8N2O2S. The van der Waals surface area contributed by atoms with Crippen molar-refractivity contribution in [2.75, 3.05) is 5.32 Å². The number of H-pyrrole nitrogens is 1. The van der Waals surface area contributed by atoms with Gasteiger partial charge in [0.25, 0.3) is 5.91 Å². The van der Waals surface area contributed by atoms with Crippen molar-refractivity contribution in [3.8, 4) is 0 Å². The molecule has 2 aromatic heterocycles. The van der Waals surface area contributed by atoms with Gasteiger partial charge in [-0.3, -0.25) is 9.59 Å². The summed E-state index contributed by atoms with van der Waals surface area (Å²) < 4.78 is 0. The molecule has 0 saturated carbocycles. The number of carbonyl (C=O) groups is 1. The third kappa shape index (κ3) is 2.13. The molecule has 4 nitrogen and oxygen atoms in total. The number of nitrogens with one attached hydrogen (secondary N) is 2. The number of carbonyl (C=O) groups excluding carboxylic acids is 1. The molecule has 0 aliphatic heterocycles. The van der Waals surface area contributed by atoms with Crippen LogP contribution in [0.25, 0.3) is 0 Å². The highest BCUT2D eigenvalue weighted by Gasteiger charge is 2.09. The first-order valence-electron chi connectivity index (χ1n) is 4.28. The van der Waals surface area contributed by atoms with Crippen molar-refractivity contribution in [2.45, 2.75) is 0 Å². The monoisotopic (exact) mass is 220 g/mol. The van der Waals surface area contributed by atoms with Crippen molar-refractivity contribution in [2.24, 2.45) is 0 Å². The first kappa shape index (κ1) is 9.67. The van der Waals surface area contributed by atoms with Gasteiger partial charge in [-0.1, -0.05) is 0 Å². The zero-order chi connectivity index (χ0) is 10.7. The van der Waals surface area contributed by atoms with E-state index in [1.165, 1.54) is 29.8 Å². The Hall–Kier alpha value is -1.88. The second-order valence-electron chi connectivity index (χ2n) is 2.89. The average Bonchev–Trinajstić information content (AvgIpc) is 2.71. The Morgan fingerprint density at radius 3 is 2.93 bits per heavy atom. The summed E-state index contributed by atoms with van der Waals surface area (Å²) in [4.78, 5) is 25.6. The van der Waals surface area contributed by atoms with Gasteiger partial charge in [-0.25, -0.2) is 0 Å². The van der Waals surface area contributed by atoms with Gasteiger partial charge in [0.15, 0.2) is 5.43 Å². The summed E-state index contributed by atoms with van der Waals surface area (Å²) in [6, 6.07) is 3.10. The normalized spacial score (nSPS) is 9.87. The topological polar surface area (TPSA) is 62.0 Å². The molecule has 0 aromatic carbocycles. The fraction of sp³-hybridized carbons (Fsp3) is 0. The molecule has 2 N–H and O–H groups in total. The fourth-order valence-electron chi connectivity index (χ4n) is 1.13. The third-order valence-corrected chi connectivity index (χ3v) is 2.53. The van der Waals surface area contributed by atoms with Crippen LogP contribution >= 0.6 is 11.3 Å². The van der Waals surface area contributed by atoms with Gasteiger partial charge in [-0.15, -0.1) is 0 Å². The molecule has 2 heterocycles. The fourth-order valence-corrected chi connectivity index (χ4v) is 1.72. The van der Waals surface area contributed by atoms with E-state index in [2.05, 4.69) is 10.3 Å². The van der Waals surface area contributed by atoms with Crippen LogP contribution in [0.3, 0.4) is 0 Å². The molecule has 5 heteroatoms. The van der Waals surface area contributed by atoms with E-state index in [0.717, 1.165) is 0 Å². The predicted octanol–water partition coefficient (Wildman–Crippen LogP) is 1.69. The van der Waals surface area contributed by atoms with Crippen LogP contribution in [0.1, 0.15) is 10.4 Å². The first-order chi connectivity index (χ1) is 7.27. The molecule has 76 valence electrons. The number of rotatable bonds is 2. The Kier molecular flexibility index (Phi) is 2.64. The van der Waals surface area contributed by atoms with Crippen molar-refractivity contribution in [1.82, 2.24) is 4.98 Å². The molecule has 0 saturated heterocycles. The number of thiophene rings is 1. The van der Waals surface area contributed by atoms with Crippen molar-refractivity contribution >= 4 is 22.9 Å². The van der Waals surface area contributed by atoms with Crippen LogP contribution in [0.5, 0.6) is 0 Å². The second-order valence-corrected chi connectivity index (χ2v) is 3.67. The number of amides is 1. The third-order valence-electron chi connectivity index (χ3n) is 1.85. The minimum Gasteiger partial charge on any atom is -0.367 e. The van der Waals surface area contributed by atoms with E-state index < -0.39 is 5.91 Å². The lowest BCUT2D eigenvalue weighted by Gasteiger charge is -2.00. The number of hydrogen-bond donors (Lipinski definition) is 2. The van der Waals surface area contributed by atoms with Gasteiger partial charge in [0, 0.05) is 23.8 Å². The first-order valence-corrected chi connectivity index (χ1v) is 5.22. The molecule has 2 aromatic rings. The molecule has 0 atom stereocenters. The average molecular weight is 220 g/mol. The molecule has 15 heavy (non-hydrogen) atoms. The van der Waals surface area contributed by atoms with Crippen molar-refractivity contribution in [3.63, 3.8) is 0 Å². The number of aromatic nitrogens is 1. The SMILES string of the molecule is O=C(Nc1ccsc1)c1c[nH]ccc1=O. The number of hydrogen-bond acceptors (Lipinski definition) is 3. The number of aromatic amines is 1. The maximum atomic E-state index is 11.6. The Morgan fingerprint density at radius 1 is 1.40 bits per heavy atom. The zero-order valence-electron chi connectivity index (χ0n) is 7.69. The maximum absolute atomic E-state index is 11.6. The molecule has 0 aliphatic carbocycles. The number of anilines is 1. The largest absolute Gasteiger partial charge is 0.367 e. The Morgan fingerprint density at radius 2 is 2.27 bits per heavy atom. The smallest absolute Gasteiger partial charge is 0.261 e. The molecule has 0 bridgehead atoms. The van der Waals surface area contributed by atoms with Gasteiger partial charge in [-0.05, 0) is 11.4 Å². The highest BCUT2D eigenvalue weighted by Crippen LogP contribution is 2.12. The van der Waals surface area contributed by atoms with E-state index in [4.69, 9.17) is 0 Å². The van der Waals surface area contributed by atoms with E-state index in [0.29, 0.717) is 5.69 Å². The lowest BCUT2D eigenvalue weighted by atomic mass is 10.2. The Labute approximate surface area is 89.6 Å². The van der Waals surface area contributed by atoms with E-state index in [1.807, 2.05) is 5.38 Å². The van der Waals surface area contributed by atoms with Gasteiger partial charge in [0.1, 0.15) is 5.56 Å². The van der Waals surface area contributed by atoms with Gasteiger partial charge >= 0.3 is 0 Å². The lowest BCUT2D eigenvalue weighted by molar-refractivity contribution is 0.102. The van der Waals surface area contributed by atoms with Crippen LogP contribution in [0.4, 0.5) is 5.69 Å². The molecule has 0 radical (unpaired) electrons. The summed E-state index contributed by atoms with van der Waals surface area (Å²) in [5, 5.41) is 6.28. The van der Waals surface area contributed by atoms with E-state index >= 15 is 0 Å². The summed E-state index contributed by atoms with van der Waals surface area (Å²) >= 11 is 1.48. The molecule has 1 amide bonds. The second kappa shape index (κ2) is 4.10. The summed E-state index contributed by atoms with van der Waals surface area (Å²) in [5.74, 6) is -0.393. The van der Waals surface area contributed by atoms with E-state index in [9.17, 15) is 9.59 Å². The Balaban J connectivity index is 2.23. The van der Waals surface area contributed by atoms with Gasteiger partial charge in [-0.2, -0.15) is 11.3 Å². The van der Waals surface area contributed by atoms with Gasteiger partial charge in [0.2, 0.25) is 0 Å². The van der Waals surface area contributed by atoms with Crippen LogP contribution in [0, 0.1) is 0 Å². The highest BCUT2D eigenvalue weighted by molar-refractivity contribution is 7.08. The van der Waals surface area contributed by atoms with Gasteiger partial charge in [0.05, 0.1) is 5.69 Å². The highest BCUT2D eigenvalue weighted by atomic mass is 32.1. The van der Waals surface area contributed by atoms with Crippen LogP contribution in [0.2, 0.25) is 0 Å². The molecule has 0 fully saturated rings. The van der Waals surface area contributed by atoms with Crippen LogP contribution in [0.15, 0.2) is 40.1 Å². The minimum absolute atomic E-state index is 0.115. The molecule has 0 unspecified atom stereocenters. The van der Waals surface area contributed by atoms with E-state index in [1.54, 1.807) is 11.4 Å². The molecule has 2 rings (SSSR count). The zero-order valence-corrected chi connectivity index (χ0v) is 8.51. The lowest BCUT2D eigenvalue weighted by Crippen LogP contribution is -2.20. The number of pyridine rings is 1. The summed E-state index contributed by atoms with van der Waals surface area (Å²) in [5.41, 5.74) is 0.526. The van der Waals surface area contributed by atoms with Crippen LogP contribution in [-0.4, -0.2) is 10.9 Å². The molecule has 0 aliphatic rings. The summed E-state index contributed by atoms with van der Waals surface area (Å²) in [6.45, 7) is 0. The molecule has 0 spiro atoms. The quantitative estimate of drug-likeness (QED) is 0.809. The minimum atomic E-state index is -0.393. The van der Waals surface area contributed by atoms with Crippen molar-refractivity contribution in [3.05, 3.63) is 51.1 Å². The van der Waals surface area contributed by atoms with Crippen molar-refractivity contribution in [1.29, 1.82) is 0 Å². The Bertz CT molecular complexity index is 516. The van der Waals surface area contributed by atoms with Crippen LogP contribution in [-0.2, 0) is 0 Å². The van der Waals surface area contributed by atoms with Crippen molar-refractivity contribution < 1.29 is 4.79 Å². The summed E-state index contributed by atoms with van der Waals surface area (Å²) in [6.07, 6.45) is 2.88. The van der Waals surface area contributed by atoms with E-state index in [-0.39, 0.29) is 11.0 Å².